The number of sulfone groups is 1. The van der Waals surface area contributed by atoms with Crippen molar-refractivity contribution in [2.45, 2.75) is 24.7 Å². The van der Waals surface area contributed by atoms with E-state index in [1.807, 2.05) is 6.07 Å². The third-order valence-electron chi connectivity index (χ3n) is 3.44. The topological polar surface area (TPSA) is 90.2 Å². The van der Waals surface area contributed by atoms with E-state index in [1.165, 1.54) is 24.3 Å². The Morgan fingerprint density at radius 2 is 2.00 bits per heavy atom. The van der Waals surface area contributed by atoms with Gasteiger partial charge < -0.3 is 10.4 Å². The van der Waals surface area contributed by atoms with Gasteiger partial charge in [-0.05, 0) is 43.1 Å². The second-order valence-electron chi connectivity index (χ2n) is 4.95. The van der Waals surface area contributed by atoms with Gasteiger partial charge in [0, 0.05) is 13.2 Å². The van der Waals surface area contributed by atoms with Crippen molar-refractivity contribution in [1.82, 2.24) is 5.32 Å². The van der Waals surface area contributed by atoms with Crippen molar-refractivity contribution in [1.29, 1.82) is 5.26 Å². The average molecular weight is 310 g/mol. The zero-order chi connectivity index (χ0) is 15.7. The lowest BCUT2D eigenvalue weighted by Gasteiger charge is -2.14. The molecule has 0 aliphatic heterocycles. The van der Waals surface area contributed by atoms with E-state index in [9.17, 15) is 8.42 Å². The van der Waals surface area contributed by atoms with Gasteiger partial charge in [0.25, 0.3) is 0 Å². The van der Waals surface area contributed by atoms with Gasteiger partial charge in [-0.3, -0.25) is 0 Å². The zero-order valence-electron chi connectivity index (χ0n) is 12.2. The zero-order valence-corrected chi connectivity index (χ0v) is 13.1. The summed E-state index contributed by atoms with van der Waals surface area (Å²) in [7, 11) is -3.32. The first-order valence-electron chi connectivity index (χ1n) is 7.08. The molecule has 0 saturated heterocycles. The van der Waals surface area contributed by atoms with Crippen LogP contribution in [0.2, 0.25) is 0 Å². The first-order valence-corrected chi connectivity index (χ1v) is 8.73. The smallest absolute Gasteiger partial charge is 0.179 e. The Labute approximate surface area is 126 Å². The van der Waals surface area contributed by atoms with Gasteiger partial charge in [-0.25, -0.2) is 8.42 Å². The highest BCUT2D eigenvalue weighted by Gasteiger charge is 2.14. The molecule has 0 bridgehead atoms. The van der Waals surface area contributed by atoms with E-state index < -0.39 is 9.84 Å². The molecule has 1 atom stereocenters. The van der Waals surface area contributed by atoms with Crippen LogP contribution < -0.4 is 5.32 Å². The van der Waals surface area contributed by atoms with Crippen LogP contribution in [0.15, 0.2) is 29.2 Å². The van der Waals surface area contributed by atoms with E-state index >= 15 is 0 Å². The van der Waals surface area contributed by atoms with Crippen LogP contribution in [0.5, 0.6) is 0 Å². The maximum Gasteiger partial charge on any atom is 0.179 e. The molecule has 0 aliphatic carbocycles. The molecule has 0 fully saturated rings. The fraction of sp³-hybridized carbons (Fsp3) is 0.533. The molecule has 1 aromatic rings. The summed E-state index contributed by atoms with van der Waals surface area (Å²) in [5.74, 6) is 0.390. The van der Waals surface area contributed by atoms with Crippen LogP contribution in [-0.2, 0) is 9.84 Å². The van der Waals surface area contributed by atoms with Gasteiger partial charge in [-0.15, -0.1) is 0 Å². The predicted octanol–water partition coefficient (Wildman–Crippen LogP) is 1.33. The number of aliphatic hydroxyl groups excluding tert-OH is 1. The Hall–Kier alpha value is -1.42. The van der Waals surface area contributed by atoms with E-state index in [1.54, 1.807) is 0 Å². The molecule has 0 saturated carbocycles. The van der Waals surface area contributed by atoms with Gasteiger partial charge in [0.05, 0.1) is 22.3 Å². The largest absolute Gasteiger partial charge is 0.396 e. The average Bonchev–Trinajstić information content (AvgIpc) is 2.50. The minimum absolute atomic E-state index is 0.0223. The lowest BCUT2D eigenvalue weighted by atomic mass is 10.0. The summed E-state index contributed by atoms with van der Waals surface area (Å²) in [6.45, 7) is 3.30. The van der Waals surface area contributed by atoms with Crippen molar-refractivity contribution in [3.8, 4) is 6.07 Å². The first kappa shape index (κ1) is 17.6. The number of nitrogens with zero attached hydrogens (tertiary/aromatic N) is 1. The summed E-state index contributed by atoms with van der Waals surface area (Å²) >= 11 is 0. The van der Waals surface area contributed by atoms with Gasteiger partial charge in [-0.2, -0.15) is 5.26 Å². The lowest BCUT2D eigenvalue weighted by molar-refractivity contribution is 0.252. The maximum absolute atomic E-state index is 12.1. The van der Waals surface area contributed by atoms with E-state index in [4.69, 9.17) is 10.4 Å². The molecule has 0 heterocycles. The summed E-state index contributed by atoms with van der Waals surface area (Å²) in [6.07, 6.45) is 1.68. The molecular weight excluding hydrogens is 288 g/mol. The fourth-order valence-electron chi connectivity index (χ4n) is 2.00. The Balaban J connectivity index is 2.47. The molecule has 21 heavy (non-hydrogen) atoms. The number of hydrogen-bond acceptors (Lipinski definition) is 5. The Morgan fingerprint density at radius 1 is 1.33 bits per heavy atom. The molecule has 6 heteroatoms. The summed E-state index contributed by atoms with van der Waals surface area (Å²) in [4.78, 5) is 0.241. The normalized spacial score (nSPS) is 12.8. The van der Waals surface area contributed by atoms with Crippen molar-refractivity contribution in [3.05, 3.63) is 29.8 Å². The lowest BCUT2D eigenvalue weighted by Crippen LogP contribution is -2.28. The van der Waals surface area contributed by atoms with E-state index in [0.717, 1.165) is 12.8 Å². The van der Waals surface area contributed by atoms with Crippen LogP contribution >= 0.6 is 0 Å². The highest BCUT2D eigenvalue weighted by Crippen LogP contribution is 2.12. The summed E-state index contributed by atoms with van der Waals surface area (Å²) in [5.41, 5.74) is 0.446. The van der Waals surface area contributed by atoms with Gasteiger partial charge in [0.2, 0.25) is 0 Å². The molecule has 1 rings (SSSR count). The van der Waals surface area contributed by atoms with Gasteiger partial charge in [-0.1, -0.05) is 13.3 Å². The van der Waals surface area contributed by atoms with Gasteiger partial charge in [0.1, 0.15) is 0 Å². The molecule has 1 aromatic carbocycles. The van der Waals surface area contributed by atoms with Crippen LogP contribution in [0.3, 0.4) is 0 Å². The molecule has 0 spiro atoms. The molecule has 0 aromatic heterocycles. The molecule has 2 N–H and O–H groups in total. The molecular formula is C15H22N2O3S. The SMILES string of the molecule is CCC(CCO)CNCCS(=O)(=O)c1ccc(C#N)cc1. The van der Waals surface area contributed by atoms with Crippen LogP contribution in [0.25, 0.3) is 0 Å². The van der Waals surface area contributed by atoms with Crippen molar-refractivity contribution >= 4 is 9.84 Å². The molecule has 5 nitrogen and oxygen atoms in total. The first-order chi connectivity index (χ1) is 10.0. The van der Waals surface area contributed by atoms with Crippen molar-refractivity contribution in [3.63, 3.8) is 0 Å². The highest BCUT2D eigenvalue weighted by molar-refractivity contribution is 7.91. The standard InChI is InChI=1S/C15H22N2O3S/c1-2-13(7-9-18)12-17-8-10-21(19,20)15-5-3-14(11-16)4-6-15/h3-6,13,17-18H,2,7-10,12H2,1H3. The summed E-state index contributed by atoms with van der Waals surface area (Å²) < 4.78 is 24.2. The van der Waals surface area contributed by atoms with E-state index in [2.05, 4.69) is 12.2 Å². The van der Waals surface area contributed by atoms with E-state index in [-0.39, 0.29) is 17.3 Å². The number of aliphatic hydroxyl groups is 1. The number of benzene rings is 1. The minimum atomic E-state index is -3.32. The summed E-state index contributed by atoms with van der Waals surface area (Å²) in [5, 5.41) is 20.7. The number of hydrogen-bond donors (Lipinski definition) is 2. The Bertz CT molecular complexity index is 562. The molecule has 0 radical (unpaired) electrons. The summed E-state index contributed by atoms with van der Waals surface area (Å²) in [6, 6.07) is 7.91. The Morgan fingerprint density at radius 3 is 2.52 bits per heavy atom. The van der Waals surface area contributed by atoms with Crippen LogP contribution in [0.4, 0.5) is 0 Å². The molecule has 116 valence electrons. The second-order valence-corrected chi connectivity index (χ2v) is 7.05. The van der Waals surface area contributed by atoms with Crippen LogP contribution in [0, 0.1) is 17.2 Å². The molecule has 0 aliphatic rings. The van der Waals surface area contributed by atoms with E-state index in [0.29, 0.717) is 24.6 Å². The number of rotatable bonds is 9. The third-order valence-corrected chi connectivity index (χ3v) is 5.17. The predicted molar refractivity (Wildman–Crippen MR) is 81.6 cm³/mol. The number of nitrogens with one attached hydrogen (secondary N) is 1. The Kier molecular flexibility index (Phi) is 7.37. The minimum Gasteiger partial charge on any atom is -0.396 e. The van der Waals surface area contributed by atoms with Gasteiger partial charge in [0.15, 0.2) is 9.84 Å². The molecule has 0 amide bonds. The maximum atomic E-state index is 12.1. The van der Waals surface area contributed by atoms with Gasteiger partial charge >= 0.3 is 0 Å². The second kappa shape index (κ2) is 8.78. The van der Waals surface area contributed by atoms with Crippen molar-refractivity contribution < 1.29 is 13.5 Å². The number of nitriles is 1. The third kappa shape index (κ3) is 5.84. The quantitative estimate of drug-likeness (QED) is 0.672. The van der Waals surface area contributed by atoms with Crippen molar-refractivity contribution in [2.75, 3.05) is 25.4 Å². The monoisotopic (exact) mass is 310 g/mol. The van der Waals surface area contributed by atoms with Crippen LogP contribution in [-0.4, -0.2) is 39.0 Å². The highest BCUT2D eigenvalue weighted by atomic mass is 32.2. The van der Waals surface area contributed by atoms with Crippen LogP contribution in [0.1, 0.15) is 25.3 Å². The molecule has 1 unspecified atom stereocenters. The fourth-order valence-corrected chi connectivity index (χ4v) is 3.20. The van der Waals surface area contributed by atoms with Crippen molar-refractivity contribution in [2.24, 2.45) is 5.92 Å².